The van der Waals surface area contributed by atoms with E-state index in [4.69, 9.17) is 4.74 Å². The lowest BCUT2D eigenvalue weighted by molar-refractivity contribution is -0.384. The van der Waals surface area contributed by atoms with Crippen molar-refractivity contribution in [1.82, 2.24) is 0 Å². The molecule has 1 amide bonds. The third kappa shape index (κ3) is 4.89. The van der Waals surface area contributed by atoms with Crippen molar-refractivity contribution in [3.8, 4) is 5.75 Å². The molecule has 2 aromatic rings. The number of nitro groups is 1. The zero-order chi connectivity index (χ0) is 19.1. The van der Waals surface area contributed by atoms with Gasteiger partial charge in [0.1, 0.15) is 5.75 Å². The monoisotopic (exact) mass is 356 g/mol. The summed E-state index contributed by atoms with van der Waals surface area (Å²) in [7, 11) is 0. The Labute approximate surface area is 151 Å². The summed E-state index contributed by atoms with van der Waals surface area (Å²) in [6, 6.07) is 11.2. The second kappa shape index (κ2) is 8.75. The molecule has 0 bridgehead atoms. The molecule has 0 unspecified atom stereocenters. The molecule has 2 rings (SSSR count). The Hall–Kier alpha value is -3.22. The number of non-ortho nitro benzene ring substituents is 1. The molecule has 0 radical (unpaired) electrons. The average molecular weight is 356 g/mol. The number of benzene rings is 2. The molecule has 7 nitrogen and oxygen atoms in total. The van der Waals surface area contributed by atoms with Crippen LogP contribution in [0.1, 0.15) is 42.1 Å². The third-order valence-corrected chi connectivity index (χ3v) is 4.07. The van der Waals surface area contributed by atoms with Crippen molar-refractivity contribution >= 4 is 23.6 Å². The van der Waals surface area contributed by atoms with Crippen LogP contribution in [-0.4, -0.2) is 23.7 Å². The Kier molecular flexibility index (Phi) is 6.43. The fourth-order valence-electron chi connectivity index (χ4n) is 2.34. The number of carbonyl (C=O) groups excluding carboxylic acids is 2. The number of anilines is 1. The molecule has 0 aliphatic carbocycles. The van der Waals surface area contributed by atoms with Crippen molar-refractivity contribution in [3.05, 3.63) is 63.7 Å². The molecule has 0 saturated carbocycles. The van der Waals surface area contributed by atoms with Gasteiger partial charge in [-0.05, 0) is 36.1 Å². The number of hydrogen-bond acceptors (Lipinski definition) is 5. The second-order valence-electron chi connectivity index (χ2n) is 5.87. The minimum atomic E-state index is -0.605. The quantitative estimate of drug-likeness (QED) is 0.439. The molecule has 136 valence electrons. The highest BCUT2D eigenvalue weighted by Crippen LogP contribution is 2.23. The summed E-state index contributed by atoms with van der Waals surface area (Å²) >= 11 is 0. The predicted molar refractivity (Wildman–Crippen MR) is 97.8 cm³/mol. The lowest BCUT2D eigenvalue weighted by atomic mass is 9.99. The van der Waals surface area contributed by atoms with Gasteiger partial charge >= 0.3 is 0 Å². The molecule has 0 spiro atoms. The van der Waals surface area contributed by atoms with E-state index in [2.05, 4.69) is 19.2 Å². The third-order valence-electron chi connectivity index (χ3n) is 4.07. The van der Waals surface area contributed by atoms with Gasteiger partial charge in [0.15, 0.2) is 12.9 Å². The Morgan fingerprint density at radius 1 is 1.27 bits per heavy atom. The van der Waals surface area contributed by atoms with Gasteiger partial charge in [0, 0.05) is 17.8 Å². The van der Waals surface area contributed by atoms with E-state index in [9.17, 15) is 19.7 Å². The zero-order valence-corrected chi connectivity index (χ0v) is 14.6. The predicted octanol–water partition coefficient (Wildman–Crippen LogP) is 3.94. The first-order chi connectivity index (χ1) is 12.4. The SMILES string of the molecule is CC[C@H](C)c1ccc(NC(=O)COc2ccc([N+](=O)[O-])cc2C=O)cc1. The van der Waals surface area contributed by atoms with Gasteiger partial charge in [-0.1, -0.05) is 26.0 Å². The van der Waals surface area contributed by atoms with Gasteiger partial charge in [-0.3, -0.25) is 19.7 Å². The summed E-state index contributed by atoms with van der Waals surface area (Å²) in [5.41, 5.74) is 1.64. The van der Waals surface area contributed by atoms with Gasteiger partial charge in [-0.25, -0.2) is 0 Å². The second-order valence-corrected chi connectivity index (χ2v) is 5.87. The molecule has 0 aliphatic heterocycles. The summed E-state index contributed by atoms with van der Waals surface area (Å²) in [6.07, 6.45) is 1.49. The van der Waals surface area contributed by atoms with Crippen molar-refractivity contribution in [2.24, 2.45) is 0 Å². The number of nitro benzene ring substituents is 1. The topological polar surface area (TPSA) is 98.5 Å². The molecular weight excluding hydrogens is 336 g/mol. The van der Waals surface area contributed by atoms with Crippen molar-refractivity contribution in [1.29, 1.82) is 0 Å². The standard InChI is InChI=1S/C19H20N2O5/c1-3-13(2)14-4-6-16(7-5-14)20-19(23)12-26-18-9-8-17(21(24)25)10-15(18)11-22/h4-11,13H,3,12H2,1-2H3,(H,20,23)/t13-/m0/s1. The van der Waals surface area contributed by atoms with Crippen LogP contribution in [0.3, 0.4) is 0 Å². The molecule has 0 aromatic heterocycles. The minimum Gasteiger partial charge on any atom is -0.483 e. The fourth-order valence-corrected chi connectivity index (χ4v) is 2.34. The maximum absolute atomic E-state index is 12.0. The highest BCUT2D eigenvalue weighted by Gasteiger charge is 2.13. The maximum atomic E-state index is 12.0. The fraction of sp³-hybridized carbons (Fsp3) is 0.263. The van der Waals surface area contributed by atoms with Gasteiger partial charge in [-0.15, -0.1) is 0 Å². The highest BCUT2D eigenvalue weighted by molar-refractivity contribution is 5.92. The van der Waals surface area contributed by atoms with E-state index < -0.39 is 10.8 Å². The first-order valence-electron chi connectivity index (χ1n) is 8.20. The molecule has 0 heterocycles. The first-order valence-corrected chi connectivity index (χ1v) is 8.20. The number of carbonyl (C=O) groups is 2. The van der Waals surface area contributed by atoms with Gasteiger partial charge in [0.2, 0.25) is 0 Å². The molecule has 26 heavy (non-hydrogen) atoms. The number of hydrogen-bond donors (Lipinski definition) is 1. The molecular formula is C19H20N2O5. The molecule has 1 N–H and O–H groups in total. The van der Waals surface area contributed by atoms with Crippen LogP contribution in [0.25, 0.3) is 0 Å². The van der Waals surface area contributed by atoms with Crippen LogP contribution in [0.4, 0.5) is 11.4 Å². The Balaban J connectivity index is 1.96. The summed E-state index contributed by atoms with van der Waals surface area (Å²) in [4.78, 5) is 33.2. The van der Waals surface area contributed by atoms with Crippen LogP contribution >= 0.6 is 0 Å². The summed E-state index contributed by atoms with van der Waals surface area (Å²) in [5.74, 6) is 0.177. The van der Waals surface area contributed by atoms with Crippen molar-refractivity contribution < 1.29 is 19.2 Å². The average Bonchev–Trinajstić information content (AvgIpc) is 2.66. The molecule has 0 fully saturated rings. The normalized spacial score (nSPS) is 11.5. The van der Waals surface area contributed by atoms with Crippen LogP contribution in [0, 0.1) is 10.1 Å². The number of ether oxygens (including phenoxy) is 1. The van der Waals surface area contributed by atoms with Gasteiger partial charge < -0.3 is 10.1 Å². The van der Waals surface area contributed by atoms with Crippen LogP contribution in [0.15, 0.2) is 42.5 Å². The van der Waals surface area contributed by atoms with E-state index in [0.29, 0.717) is 17.9 Å². The van der Waals surface area contributed by atoms with Crippen molar-refractivity contribution in [2.75, 3.05) is 11.9 Å². The Morgan fingerprint density at radius 3 is 2.54 bits per heavy atom. The van der Waals surface area contributed by atoms with E-state index in [1.807, 2.05) is 24.3 Å². The smallest absolute Gasteiger partial charge is 0.270 e. The summed E-state index contributed by atoms with van der Waals surface area (Å²) in [5, 5.41) is 13.4. The number of nitrogens with one attached hydrogen (secondary N) is 1. The van der Waals surface area contributed by atoms with Gasteiger partial charge in [0.05, 0.1) is 10.5 Å². The molecule has 2 aromatic carbocycles. The lowest BCUT2D eigenvalue weighted by Crippen LogP contribution is -2.20. The molecule has 1 atom stereocenters. The largest absolute Gasteiger partial charge is 0.483 e. The first kappa shape index (κ1) is 19.1. The molecule has 0 saturated heterocycles. The number of nitrogens with zero attached hydrogens (tertiary/aromatic N) is 1. The molecule has 7 heteroatoms. The Morgan fingerprint density at radius 2 is 1.96 bits per heavy atom. The Bertz CT molecular complexity index is 802. The van der Waals surface area contributed by atoms with E-state index in [1.165, 1.54) is 17.7 Å². The lowest BCUT2D eigenvalue weighted by Gasteiger charge is -2.11. The zero-order valence-electron chi connectivity index (χ0n) is 14.6. The van der Waals surface area contributed by atoms with Crippen LogP contribution in [0.5, 0.6) is 5.75 Å². The maximum Gasteiger partial charge on any atom is 0.270 e. The van der Waals surface area contributed by atoms with Crippen LogP contribution in [-0.2, 0) is 4.79 Å². The van der Waals surface area contributed by atoms with E-state index in [-0.39, 0.29) is 23.6 Å². The van der Waals surface area contributed by atoms with E-state index in [1.54, 1.807) is 0 Å². The number of aldehydes is 1. The van der Waals surface area contributed by atoms with E-state index in [0.717, 1.165) is 12.5 Å². The number of rotatable bonds is 8. The van der Waals surface area contributed by atoms with Crippen LogP contribution in [0.2, 0.25) is 0 Å². The number of amides is 1. The minimum absolute atomic E-state index is 0.0184. The van der Waals surface area contributed by atoms with Gasteiger partial charge in [0.25, 0.3) is 11.6 Å². The summed E-state index contributed by atoms with van der Waals surface area (Å²) < 4.78 is 5.31. The van der Waals surface area contributed by atoms with Gasteiger partial charge in [-0.2, -0.15) is 0 Å². The van der Waals surface area contributed by atoms with Crippen LogP contribution < -0.4 is 10.1 Å². The van der Waals surface area contributed by atoms with E-state index >= 15 is 0 Å². The summed E-state index contributed by atoms with van der Waals surface area (Å²) in [6.45, 7) is 3.94. The molecule has 0 aliphatic rings. The van der Waals surface area contributed by atoms with Crippen molar-refractivity contribution in [2.45, 2.75) is 26.2 Å². The van der Waals surface area contributed by atoms with Crippen molar-refractivity contribution in [3.63, 3.8) is 0 Å². The highest BCUT2D eigenvalue weighted by atomic mass is 16.6.